The molecule has 0 fully saturated rings. The monoisotopic (exact) mass is 218 g/mol. The maximum Gasteiger partial charge on any atom is -0.0103 e. The van der Waals surface area contributed by atoms with Crippen LogP contribution in [0.15, 0.2) is 22.8 Å². The van der Waals surface area contributed by atoms with E-state index in [1.165, 1.54) is 12.8 Å². The van der Waals surface area contributed by atoms with Gasteiger partial charge >= 0.3 is 0 Å². The van der Waals surface area contributed by atoms with Crippen molar-refractivity contribution in [3.8, 4) is 0 Å². The van der Waals surface area contributed by atoms with Crippen LogP contribution in [0.1, 0.15) is 54.4 Å². The van der Waals surface area contributed by atoms with Crippen LogP contribution in [0.25, 0.3) is 0 Å². The lowest BCUT2D eigenvalue weighted by Gasteiger charge is -2.32. The number of rotatable bonds is 1. The molecule has 16 heavy (non-hydrogen) atoms. The molecule has 0 radical (unpaired) electrons. The molecule has 0 spiro atoms. The van der Waals surface area contributed by atoms with Crippen LogP contribution in [0.3, 0.4) is 0 Å². The summed E-state index contributed by atoms with van der Waals surface area (Å²) < 4.78 is 0. The Hall–Kier alpha value is -0.520. The summed E-state index contributed by atoms with van der Waals surface area (Å²) in [6, 6.07) is 0. The molecule has 0 saturated heterocycles. The van der Waals surface area contributed by atoms with Crippen molar-refractivity contribution in [2.45, 2.75) is 54.4 Å². The first-order chi connectivity index (χ1) is 7.35. The first-order valence-electron chi connectivity index (χ1n) is 6.73. The van der Waals surface area contributed by atoms with Gasteiger partial charge in [0.2, 0.25) is 0 Å². The fourth-order valence-electron chi connectivity index (χ4n) is 3.86. The van der Waals surface area contributed by atoms with Gasteiger partial charge in [0.05, 0.1) is 0 Å². The molecule has 0 aromatic rings. The Labute approximate surface area is 101 Å². The second-order valence-electron chi connectivity index (χ2n) is 6.72. The summed E-state index contributed by atoms with van der Waals surface area (Å²) in [5.41, 5.74) is 5.53. The minimum atomic E-state index is 0.416. The second kappa shape index (κ2) is 3.75. The summed E-state index contributed by atoms with van der Waals surface area (Å²) in [6.07, 6.45) is 4.90. The van der Waals surface area contributed by atoms with E-state index in [9.17, 15) is 0 Å². The van der Waals surface area contributed by atoms with Gasteiger partial charge in [-0.05, 0) is 42.9 Å². The maximum atomic E-state index is 2.46. The molecule has 0 bridgehead atoms. The van der Waals surface area contributed by atoms with Crippen LogP contribution in [0, 0.1) is 23.2 Å². The molecule has 0 heteroatoms. The second-order valence-corrected chi connectivity index (χ2v) is 6.72. The van der Waals surface area contributed by atoms with Crippen LogP contribution in [-0.4, -0.2) is 0 Å². The average molecular weight is 218 g/mol. The van der Waals surface area contributed by atoms with Crippen molar-refractivity contribution in [3.63, 3.8) is 0 Å². The van der Waals surface area contributed by atoms with E-state index in [1.54, 1.807) is 16.7 Å². The van der Waals surface area contributed by atoms with E-state index >= 15 is 0 Å². The van der Waals surface area contributed by atoms with Crippen LogP contribution in [0.5, 0.6) is 0 Å². The summed E-state index contributed by atoms with van der Waals surface area (Å²) in [4.78, 5) is 0. The molecular weight excluding hydrogens is 192 g/mol. The smallest absolute Gasteiger partial charge is 0.0103 e. The molecular formula is C16H26. The molecule has 2 aliphatic carbocycles. The molecule has 2 unspecified atom stereocenters. The van der Waals surface area contributed by atoms with Crippen molar-refractivity contribution in [2.75, 3.05) is 0 Å². The predicted molar refractivity (Wildman–Crippen MR) is 71.3 cm³/mol. The van der Waals surface area contributed by atoms with Crippen LogP contribution >= 0.6 is 0 Å². The SMILES string of the molecule is CC1=CCC2=C(C1)C(C)(C)C(C)C2C(C)C. The first-order valence-corrected chi connectivity index (χ1v) is 6.73. The normalized spacial score (nSPS) is 33.1. The molecule has 0 N–H and O–H groups in total. The van der Waals surface area contributed by atoms with Crippen LogP contribution in [0.2, 0.25) is 0 Å². The van der Waals surface area contributed by atoms with E-state index in [0.717, 1.165) is 17.8 Å². The van der Waals surface area contributed by atoms with Gasteiger partial charge in [-0.1, -0.05) is 57.4 Å². The Morgan fingerprint density at radius 1 is 1.31 bits per heavy atom. The molecule has 90 valence electrons. The Morgan fingerprint density at radius 2 is 1.94 bits per heavy atom. The largest absolute Gasteiger partial charge is 0.0812 e. The number of hydrogen-bond donors (Lipinski definition) is 0. The fraction of sp³-hybridized carbons (Fsp3) is 0.750. The molecule has 2 aliphatic rings. The summed E-state index contributed by atoms with van der Waals surface area (Å²) in [7, 11) is 0. The van der Waals surface area contributed by atoms with Gasteiger partial charge in [-0.25, -0.2) is 0 Å². The number of hydrogen-bond acceptors (Lipinski definition) is 0. The van der Waals surface area contributed by atoms with Gasteiger partial charge in [0.15, 0.2) is 0 Å². The van der Waals surface area contributed by atoms with Crippen LogP contribution in [-0.2, 0) is 0 Å². The number of allylic oxidation sites excluding steroid dienone is 4. The summed E-state index contributed by atoms with van der Waals surface area (Å²) >= 11 is 0. The molecule has 0 heterocycles. The van der Waals surface area contributed by atoms with E-state index in [4.69, 9.17) is 0 Å². The average Bonchev–Trinajstić information content (AvgIpc) is 2.37. The maximum absolute atomic E-state index is 2.46. The predicted octanol–water partition coefficient (Wildman–Crippen LogP) is 4.97. The third-order valence-electron chi connectivity index (χ3n) is 5.09. The highest BCUT2D eigenvalue weighted by Crippen LogP contribution is 2.56. The molecule has 0 aromatic carbocycles. The van der Waals surface area contributed by atoms with Crippen molar-refractivity contribution in [1.82, 2.24) is 0 Å². The van der Waals surface area contributed by atoms with E-state index in [-0.39, 0.29) is 0 Å². The van der Waals surface area contributed by atoms with E-state index in [1.807, 2.05) is 0 Å². The molecule has 0 saturated carbocycles. The molecule has 2 atom stereocenters. The molecule has 0 amide bonds. The third-order valence-corrected chi connectivity index (χ3v) is 5.09. The van der Waals surface area contributed by atoms with E-state index in [2.05, 4.69) is 47.6 Å². The Kier molecular flexibility index (Phi) is 2.80. The van der Waals surface area contributed by atoms with Crippen molar-refractivity contribution < 1.29 is 0 Å². The van der Waals surface area contributed by atoms with Crippen molar-refractivity contribution >= 4 is 0 Å². The molecule has 2 rings (SSSR count). The lowest BCUT2D eigenvalue weighted by Crippen LogP contribution is -2.25. The minimum Gasteiger partial charge on any atom is -0.0812 e. The summed E-state index contributed by atoms with van der Waals surface area (Å²) in [6.45, 7) is 14.4. The van der Waals surface area contributed by atoms with Gasteiger partial charge in [0.25, 0.3) is 0 Å². The zero-order valence-corrected chi connectivity index (χ0v) is 11.7. The highest BCUT2D eigenvalue weighted by Gasteiger charge is 2.46. The van der Waals surface area contributed by atoms with E-state index in [0.29, 0.717) is 5.41 Å². The van der Waals surface area contributed by atoms with Crippen molar-refractivity contribution in [3.05, 3.63) is 22.8 Å². The summed E-state index contributed by atoms with van der Waals surface area (Å²) in [5.74, 6) is 2.40. The first kappa shape index (κ1) is 12.0. The fourth-order valence-corrected chi connectivity index (χ4v) is 3.86. The molecule has 0 aliphatic heterocycles. The van der Waals surface area contributed by atoms with Crippen molar-refractivity contribution in [1.29, 1.82) is 0 Å². The third kappa shape index (κ3) is 1.58. The van der Waals surface area contributed by atoms with E-state index < -0.39 is 0 Å². The van der Waals surface area contributed by atoms with Gasteiger partial charge in [0, 0.05) is 0 Å². The molecule has 0 nitrogen and oxygen atoms in total. The highest BCUT2D eigenvalue weighted by atomic mass is 14.5. The Morgan fingerprint density at radius 3 is 2.50 bits per heavy atom. The summed E-state index contributed by atoms with van der Waals surface area (Å²) in [5, 5.41) is 0. The van der Waals surface area contributed by atoms with Gasteiger partial charge < -0.3 is 0 Å². The zero-order chi connectivity index (χ0) is 12.1. The van der Waals surface area contributed by atoms with Crippen molar-refractivity contribution in [2.24, 2.45) is 23.2 Å². The van der Waals surface area contributed by atoms with Gasteiger partial charge in [-0.2, -0.15) is 0 Å². The van der Waals surface area contributed by atoms with Gasteiger partial charge in [0.1, 0.15) is 0 Å². The zero-order valence-electron chi connectivity index (χ0n) is 11.7. The highest BCUT2D eigenvalue weighted by molar-refractivity contribution is 5.39. The minimum absolute atomic E-state index is 0.416. The van der Waals surface area contributed by atoms with Crippen LogP contribution in [0.4, 0.5) is 0 Å². The topological polar surface area (TPSA) is 0 Å². The quantitative estimate of drug-likeness (QED) is 0.545. The van der Waals surface area contributed by atoms with Gasteiger partial charge in [-0.3, -0.25) is 0 Å². The Balaban J connectivity index is 2.41. The lowest BCUT2D eigenvalue weighted by atomic mass is 9.72. The molecule has 0 aromatic heterocycles. The van der Waals surface area contributed by atoms with Crippen LogP contribution < -0.4 is 0 Å². The Bertz CT molecular complexity index is 352. The standard InChI is InChI=1S/C16H26/c1-10(2)15-12(4)16(5,6)14-9-11(3)7-8-13(14)15/h7,10,12,15H,8-9H2,1-6H3. The lowest BCUT2D eigenvalue weighted by molar-refractivity contribution is 0.215. The van der Waals surface area contributed by atoms with Gasteiger partial charge in [-0.15, -0.1) is 0 Å².